The largest absolute Gasteiger partial charge is 0.289 e. The first-order valence-electron chi connectivity index (χ1n) is 4.06. The zero-order chi connectivity index (χ0) is 9.24. The van der Waals surface area contributed by atoms with Crippen LogP contribution in [0, 0.1) is 0 Å². The van der Waals surface area contributed by atoms with Gasteiger partial charge >= 0.3 is 0 Å². The Balaban J connectivity index is 2.67. The lowest BCUT2D eigenvalue weighted by Crippen LogP contribution is -2.26. The van der Waals surface area contributed by atoms with Gasteiger partial charge in [-0.05, 0) is 19.8 Å². The average Bonchev–Trinajstić information content (AvgIpc) is 2.35. The van der Waals surface area contributed by atoms with Gasteiger partial charge in [-0.1, -0.05) is 19.4 Å². The summed E-state index contributed by atoms with van der Waals surface area (Å²) < 4.78 is 27.0. The van der Waals surface area contributed by atoms with Crippen molar-refractivity contribution in [3.8, 4) is 0 Å². The second-order valence-electron chi connectivity index (χ2n) is 3.40. The van der Waals surface area contributed by atoms with Gasteiger partial charge < -0.3 is 0 Å². The van der Waals surface area contributed by atoms with Crippen LogP contribution in [0.3, 0.4) is 0 Å². The highest BCUT2D eigenvalue weighted by molar-refractivity contribution is 7.89. The second-order valence-corrected chi connectivity index (χ2v) is 4.89. The van der Waals surface area contributed by atoms with E-state index in [1.165, 1.54) is 0 Å². The fourth-order valence-corrected chi connectivity index (χ4v) is 2.32. The lowest BCUT2D eigenvalue weighted by molar-refractivity contribution is 0.108. The topological polar surface area (TPSA) is 43.4 Å². The van der Waals surface area contributed by atoms with Crippen LogP contribution in [0.15, 0.2) is 12.0 Å². The Morgan fingerprint density at radius 1 is 1.42 bits per heavy atom. The molecule has 1 fully saturated rings. The van der Waals surface area contributed by atoms with Gasteiger partial charge in [0.1, 0.15) is 0 Å². The van der Waals surface area contributed by atoms with E-state index in [9.17, 15) is 8.42 Å². The molecule has 12 heavy (non-hydrogen) atoms. The zero-order valence-corrected chi connectivity index (χ0v) is 8.06. The van der Waals surface area contributed by atoms with Crippen molar-refractivity contribution >= 4 is 10.1 Å². The molecule has 1 saturated carbocycles. The number of rotatable bonds is 3. The van der Waals surface area contributed by atoms with Crippen molar-refractivity contribution in [1.29, 1.82) is 0 Å². The molecule has 0 spiro atoms. The maximum atomic E-state index is 11.0. The average molecular weight is 190 g/mol. The SMILES string of the molecule is C=CS(=O)(=O)OC1(C)CCCC1. The maximum absolute atomic E-state index is 11.0. The molecule has 0 aromatic heterocycles. The van der Waals surface area contributed by atoms with Gasteiger partial charge in [0, 0.05) is 0 Å². The van der Waals surface area contributed by atoms with Gasteiger partial charge in [0.25, 0.3) is 10.1 Å². The van der Waals surface area contributed by atoms with Crippen molar-refractivity contribution in [2.24, 2.45) is 0 Å². The van der Waals surface area contributed by atoms with Gasteiger partial charge in [0.15, 0.2) is 0 Å². The van der Waals surface area contributed by atoms with E-state index in [-0.39, 0.29) is 0 Å². The Hall–Kier alpha value is -0.350. The van der Waals surface area contributed by atoms with Crippen LogP contribution >= 0.6 is 0 Å². The Labute approximate surface area is 73.5 Å². The van der Waals surface area contributed by atoms with Gasteiger partial charge in [-0.2, -0.15) is 8.42 Å². The summed E-state index contributed by atoms with van der Waals surface area (Å²) in [6.45, 7) is 5.03. The van der Waals surface area contributed by atoms with Crippen LogP contribution in [0.5, 0.6) is 0 Å². The molecule has 0 aliphatic heterocycles. The summed E-state index contributed by atoms with van der Waals surface area (Å²) in [5.41, 5.74) is -0.479. The molecule has 0 bridgehead atoms. The van der Waals surface area contributed by atoms with Gasteiger partial charge in [-0.3, -0.25) is 4.18 Å². The van der Waals surface area contributed by atoms with E-state index in [1.807, 2.05) is 6.92 Å². The fourth-order valence-electron chi connectivity index (χ4n) is 1.52. The predicted molar refractivity (Wildman–Crippen MR) is 47.1 cm³/mol. The van der Waals surface area contributed by atoms with Crippen LogP contribution in [-0.4, -0.2) is 14.0 Å². The quantitative estimate of drug-likeness (QED) is 0.637. The summed E-state index contributed by atoms with van der Waals surface area (Å²) in [5.74, 6) is 0. The van der Waals surface area contributed by atoms with Crippen molar-refractivity contribution in [2.75, 3.05) is 0 Å². The smallest absolute Gasteiger partial charge is 0.260 e. The minimum atomic E-state index is -3.50. The molecule has 70 valence electrons. The van der Waals surface area contributed by atoms with Crippen LogP contribution in [0.4, 0.5) is 0 Å². The molecule has 0 N–H and O–H groups in total. The Morgan fingerprint density at radius 3 is 2.33 bits per heavy atom. The number of hydrogen-bond donors (Lipinski definition) is 0. The molecule has 0 atom stereocenters. The first-order chi connectivity index (χ1) is 5.47. The third kappa shape index (κ3) is 2.32. The van der Waals surface area contributed by atoms with Crippen molar-refractivity contribution in [2.45, 2.75) is 38.2 Å². The minimum Gasteiger partial charge on any atom is -0.260 e. The van der Waals surface area contributed by atoms with E-state index < -0.39 is 15.7 Å². The Bertz CT molecular complexity index is 260. The Kier molecular flexibility index (Phi) is 2.58. The first-order valence-corrected chi connectivity index (χ1v) is 5.53. The minimum absolute atomic E-state index is 0.479. The summed E-state index contributed by atoms with van der Waals surface area (Å²) in [4.78, 5) is 0. The van der Waals surface area contributed by atoms with Gasteiger partial charge in [-0.25, -0.2) is 0 Å². The second kappa shape index (κ2) is 3.18. The van der Waals surface area contributed by atoms with Crippen molar-refractivity contribution in [3.63, 3.8) is 0 Å². The molecule has 4 heteroatoms. The van der Waals surface area contributed by atoms with E-state index >= 15 is 0 Å². The van der Waals surface area contributed by atoms with Crippen molar-refractivity contribution < 1.29 is 12.6 Å². The molecule has 0 saturated heterocycles. The standard InChI is InChI=1S/C8H14O3S/c1-3-12(9,10)11-8(2)6-4-5-7-8/h3H,1,4-7H2,2H3. The monoisotopic (exact) mass is 190 g/mol. The molecule has 0 aromatic rings. The Morgan fingerprint density at radius 2 is 1.92 bits per heavy atom. The third-order valence-electron chi connectivity index (χ3n) is 2.18. The van der Waals surface area contributed by atoms with Crippen molar-refractivity contribution in [1.82, 2.24) is 0 Å². The van der Waals surface area contributed by atoms with Crippen LogP contribution < -0.4 is 0 Å². The normalized spacial score (nSPS) is 22.4. The molecule has 3 nitrogen and oxygen atoms in total. The fraction of sp³-hybridized carbons (Fsp3) is 0.750. The van der Waals surface area contributed by atoms with Gasteiger partial charge in [-0.15, -0.1) is 0 Å². The predicted octanol–water partition coefficient (Wildman–Crippen LogP) is 1.81. The zero-order valence-electron chi connectivity index (χ0n) is 7.25. The molecule has 1 aliphatic rings. The molecule has 0 heterocycles. The van der Waals surface area contributed by atoms with E-state index in [1.54, 1.807) is 0 Å². The van der Waals surface area contributed by atoms with Crippen molar-refractivity contribution in [3.05, 3.63) is 12.0 Å². The highest BCUT2D eigenvalue weighted by atomic mass is 32.2. The number of hydrogen-bond acceptors (Lipinski definition) is 3. The molecular weight excluding hydrogens is 176 g/mol. The summed E-state index contributed by atoms with van der Waals surface area (Å²) >= 11 is 0. The molecule has 1 aliphatic carbocycles. The molecule has 0 aromatic carbocycles. The first kappa shape index (κ1) is 9.74. The molecule has 0 unspecified atom stereocenters. The lowest BCUT2D eigenvalue weighted by Gasteiger charge is -2.21. The lowest BCUT2D eigenvalue weighted by atomic mass is 10.1. The van der Waals surface area contributed by atoms with E-state index in [0.29, 0.717) is 0 Å². The molecular formula is C8H14O3S. The third-order valence-corrected chi connectivity index (χ3v) is 3.23. The summed E-state index contributed by atoms with van der Waals surface area (Å²) in [7, 11) is -3.50. The maximum Gasteiger partial charge on any atom is 0.289 e. The highest BCUT2D eigenvalue weighted by Gasteiger charge is 2.33. The van der Waals surface area contributed by atoms with E-state index in [0.717, 1.165) is 31.1 Å². The van der Waals surface area contributed by atoms with E-state index in [2.05, 4.69) is 6.58 Å². The summed E-state index contributed by atoms with van der Waals surface area (Å²) in [5, 5.41) is 0.858. The molecule has 0 amide bonds. The highest BCUT2D eigenvalue weighted by Crippen LogP contribution is 2.34. The van der Waals surface area contributed by atoms with Crippen LogP contribution in [0.25, 0.3) is 0 Å². The van der Waals surface area contributed by atoms with Crippen LogP contribution in [-0.2, 0) is 14.3 Å². The molecule has 0 radical (unpaired) electrons. The summed E-state index contributed by atoms with van der Waals surface area (Å²) in [6.07, 6.45) is 3.73. The van der Waals surface area contributed by atoms with Gasteiger partial charge in [0.2, 0.25) is 0 Å². The van der Waals surface area contributed by atoms with E-state index in [4.69, 9.17) is 4.18 Å². The van der Waals surface area contributed by atoms with Gasteiger partial charge in [0.05, 0.1) is 11.0 Å². The summed E-state index contributed by atoms with van der Waals surface area (Å²) in [6, 6.07) is 0. The molecule has 1 rings (SSSR count). The van der Waals surface area contributed by atoms with Crippen LogP contribution in [0.2, 0.25) is 0 Å². The van der Waals surface area contributed by atoms with Crippen LogP contribution in [0.1, 0.15) is 32.6 Å².